The minimum absolute atomic E-state index is 0.150. The molecule has 0 radical (unpaired) electrons. The van der Waals surface area contributed by atoms with Crippen LogP contribution >= 0.6 is 11.6 Å². The second-order valence-corrected chi connectivity index (χ2v) is 7.61. The van der Waals surface area contributed by atoms with E-state index >= 15 is 0 Å². The Morgan fingerprint density at radius 3 is 2.54 bits per heavy atom. The van der Waals surface area contributed by atoms with E-state index in [2.05, 4.69) is 9.71 Å². The van der Waals surface area contributed by atoms with Crippen LogP contribution in [0.15, 0.2) is 47.4 Å². The van der Waals surface area contributed by atoms with Crippen LogP contribution in [0.4, 0.5) is 13.2 Å². The molecule has 2 aromatic carbocycles. The maximum Gasteiger partial charge on any atom is 0.320 e. The average Bonchev–Trinajstić information content (AvgIpc) is 2.93. The van der Waals surface area contributed by atoms with Crippen LogP contribution in [0.3, 0.4) is 0 Å². The SMILES string of the molecule is CC(NS(=O)(=O)c1ccc(F)cc1Cl)c1nc2ccccc2n1C(F)F. The lowest BCUT2D eigenvalue weighted by atomic mass is 10.3. The summed E-state index contributed by atoms with van der Waals surface area (Å²) in [7, 11) is -4.18. The van der Waals surface area contributed by atoms with Crippen LogP contribution in [0.1, 0.15) is 25.3 Å². The van der Waals surface area contributed by atoms with Crippen molar-refractivity contribution in [2.24, 2.45) is 0 Å². The van der Waals surface area contributed by atoms with Crippen molar-refractivity contribution in [2.75, 3.05) is 0 Å². The summed E-state index contributed by atoms with van der Waals surface area (Å²) in [6.07, 6.45) is 0. The molecule has 1 atom stereocenters. The van der Waals surface area contributed by atoms with Crippen LogP contribution in [0, 0.1) is 5.82 Å². The fraction of sp³-hybridized carbons (Fsp3) is 0.188. The van der Waals surface area contributed by atoms with Gasteiger partial charge in [0.15, 0.2) is 0 Å². The molecule has 0 fully saturated rings. The standard InChI is InChI=1S/C16H13ClF3N3O2S/c1-9(22-26(24,25)14-7-6-10(18)8-11(14)17)15-21-12-4-2-3-5-13(12)23(15)16(19)20/h2-9,16,22H,1H3. The van der Waals surface area contributed by atoms with E-state index in [1.165, 1.54) is 13.0 Å². The molecule has 0 aliphatic carbocycles. The number of fused-ring (bicyclic) bond motifs is 1. The lowest BCUT2D eigenvalue weighted by molar-refractivity contribution is 0.0702. The molecular formula is C16H13ClF3N3O2S. The molecule has 1 unspecified atom stereocenters. The van der Waals surface area contributed by atoms with Crippen LogP contribution in [0.25, 0.3) is 11.0 Å². The number of nitrogens with zero attached hydrogens (tertiary/aromatic N) is 2. The minimum Gasteiger partial charge on any atom is -0.269 e. The summed E-state index contributed by atoms with van der Waals surface area (Å²) in [5, 5.41) is -0.313. The third-order valence-electron chi connectivity index (χ3n) is 3.72. The third kappa shape index (κ3) is 3.42. The van der Waals surface area contributed by atoms with Crippen molar-refractivity contribution in [2.45, 2.75) is 24.4 Å². The number of halogens is 4. The number of aromatic nitrogens is 2. The van der Waals surface area contributed by atoms with Gasteiger partial charge in [-0.3, -0.25) is 4.57 Å². The van der Waals surface area contributed by atoms with Gasteiger partial charge < -0.3 is 0 Å². The Kier molecular flexibility index (Phi) is 4.96. The summed E-state index contributed by atoms with van der Waals surface area (Å²) in [5.74, 6) is -0.843. The Balaban J connectivity index is 2.01. The third-order valence-corrected chi connectivity index (χ3v) is 5.74. The van der Waals surface area contributed by atoms with Crippen LogP contribution in [0.2, 0.25) is 5.02 Å². The molecule has 10 heteroatoms. The lowest BCUT2D eigenvalue weighted by Gasteiger charge is -2.16. The number of para-hydroxylation sites is 2. The van der Waals surface area contributed by atoms with Crippen LogP contribution in [-0.4, -0.2) is 18.0 Å². The van der Waals surface area contributed by atoms with E-state index in [1.54, 1.807) is 18.2 Å². The molecule has 0 aliphatic rings. The molecule has 0 amide bonds. The number of benzene rings is 2. The molecule has 0 aliphatic heterocycles. The predicted molar refractivity (Wildman–Crippen MR) is 91.1 cm³/mol. The van der Waals surface area contributed by atoms with Gasteiger partial charge in [0.25, 0.3) is 0 Å². The van der Waals surface area contributed by atoms with E-state index in [1.807, 2.05) is 0 Å². The Morgan fingerprint density at radius 1 is 1.19 bits per heavy atom. The number of alkyl halides is 2. The first-order chi connectivity index (χ1) is 12.2. The van der Waals surface area contributed by atoms with E-state index in [0.717, 1.165) is 18.2 Å². The van der Waals surface area contributed by atoms with Gasteiger partial charge in [0, 0.05) is 0 Å². The van der Waals surface area contributed by atoms with Gasteiger partial charge in [0.2, 0.25) is 10.0 Å². The molecule has 0 saturated heterocycles. The largest absolute Gasteiger partial charge is 0.320 e. The van der Waals surface area contributed by atoms with Crippen molar-refractivity contribution in [1.82, 2.24) is 14.3 Å². The smallest absolute Gasteiger partial charge is 0.269 e. The highest BCUT2D eigenvalue weighted by Crippen LogP contribution is 2.28. The number of sulfonamides is 1. The summed E-state index contributed by atoms with van der Waals surface area (Å²) < 4.78 is 68.0. The summed E-state index contributed by atoms with van der Waals surface area (Å²) in [4.78, 5) is 3.76. The zero-order valence-electron chi connectivity index (χ0n) is 13.3. The average molecular weight is 404 g/mol. The van der Waals surface area contributed by atoms with Gasteiger partial charge in [0.1, 0.15) is 16.5 Å². The normalized spacial score (nSPS) is 13.5. The molecular weight excluding hydrogens is 391 g/mol. The first-order valence-electron chi connectivity index (χ1n) is 7.43. The topological polar surface area (TPSA) is 64.0 Å². The van der Waals surface area contributed by atoms with Gasteiger partial charge in [-0.2, -0.15) is 8.78 Å². The fourth-order valence-corrected chi connectivity index (χ4v) is 4.35. The van der Waals surface area contributed by atoms with Crippen molar-refractivity contribution >= 4 is 32.7 Å². The van der Waals surface area contributed by atoms with E-state index in [4.69, 9.17) is 11.6 Å². The predicted octanol–water partition coefficient (Wildman–Crippen LogP) is 4.26. The Bertz CT molecular complexity index is 1070. The zero-order chi connectivity index (χ0) is 19.1. The zero-order valence-corrected chi connectivity index (χ0v) is 14.9. The molecule has 0 spiro atoms. The number of imidazole rings is 1. The van der Waals surface area contributed by atoms with Crippen molar-refractivity contribution in [1.29, 1.82) is 0 Å². The van der Waals surface area contributed by atoms with E-state index in [-0.39, 0.29) is 21.3 Å². The van der Waals surface area contributed by atoms with Gasteiger partial charge >= 0.3 is 6.55 Å². The Morgan fingerprint density at radius 2 is 1.88 bits per heavy atom. The van der Waals surface area contributed by atoms with Crippen molar-refractivity contribution < 1.29 is 21.6 Å². The highest BCUT2D eigenvalue weighted by Gasteiger charge is 2.27. The second-order valence-electron chi connectivity index (χ2n) is 5.52. The molecule has 3 rings (SSSR count). The van der Waals surface area contributed by atoms with Gasteiger partial charge in [-0.15, -0.1) is 0 Å². The first kappa shape index (κ1) is 18.7. The number of hydrogen-bond donors (Lipinski definition) is 1. The number of hydrogen-bond acceptors (Lipinski definition) is 3. The van der Waals surface area contributed by atoms with Crippen molar-refractivity contribution in [3.05, 3.63) is 59.1 Å². The maximum absolute atomic E-state index is 13.5. The Hall–Kier alpha value is -2.10. The molecule has 0 bridgehead atoms. The molecule has 5 nitrogen and oxygen atoms in total. The van der Waals surface area contributed by atoms with Gasteiger partial charge in [0.05, 0.1) is 22.1 Å². The minimum atomic E-state index is -4.18. The van der Waals surface area contributed by atoms with Gasteiger partial charge in [-0.1, -0.05) is 23.7 Å². The van der Waals surface area contributed by atoms with Gasteiger partial charge in [-0.05, 0) is 37.3 Å². The molecule has 1 aromatic heterocycles. The lowest BCUT2D eigenvalue weighted by Crippen LogP contribution is -2.29. The van der Waals surface area contributed by atoms with E-state index in [0.29, 0.717) is 10.1 Å². The van der Waals surface area contributed by atoms with Gasteiger partial charge in [-0.25, -0.2) is 22.5 Å². The maximum atomic E-state index is 13.5. The summed E-state index contributed by atoms with van der Waals surface area (Å²) >= 11 is 5.79. The highest BCUT2D eigenvalue weighted by atomic mass is 35.5. The van der Waals surface area contributed by atoms with Crippen LogP contribution in [-0.2, 0) is 10.0 Å². The molecule has 0 saturated carbocycles. The monoisotopic (exact) mass is 403 g/mol. The number of rotatable bonds is 5. The van der Waals surface area contributed by atoms with E-state index in [9.17, 15) is 21.6 Å². The quantitative estimate of drug-likeness (QED) is 0.692. The Labute approximate surface area is 152 Å². The molecule has 26 heavy (non-hydrogen) atoms. The fourth-order valence-electron chi connectivity index (χ4n) is 2.62. The highest BCUT2D eigenvalue weighted by molar-refractivity contribution is 7.89. The van der Waals surface area contributed by atoms with Crippen molar-refractivity contribution in [3.8, 4) is 0 Å². The second kappa shape index (κ2) is 6.90. The summed E-state index contributed by atoms with van der Waals surface area (Å²) in [5.41, 5.74) is 0.497. The first-order valence-corrected chi connectivity index (χ1v) is 9.29. The van der Waals surface area contributed by atoms with Crippen LogP contribution < -0.4 is 4.72 Å². The number of nitrogens with one attached hydrogen (secondary N) is 1. The molecule has 3 aromatic rings. The molecule has 1 N–H and O–H groups in total. The molecule has 138 valence electrons. The molecule has 1 heterocycles. The summed E-state index contributed by atoms with van der Waals surface area (Å²) in [6, 6.07) is 7.97. The summed E-state index contributed by atoms with van der Waals surface area (Å²) in [6.45, 7) is -1.52. The van der Waals surface area contributed by atoms with Crippen LogP contribution in [0.5, 0.6) is 0 Å². The van der Waals surface area contributed by atoms with Crippen molar-refractivity contribution in [3.63, 3.8) is 0 Å². The van der Waals surface area contributed by atoms with E-state index < -0.39 is 28.4 Å².